The van der Waals surface area contributed by atoms with Crippen LogP contribution in [0.2, 0.25) is 0 Å². The van der Waals surface area contributed by atoms with Crippen molar-refractivity contribution in [3.8, 4) is 0 Å². The van der Waals surface area contributed by atoms with Crippen LogP contribution in [0.1, 0.15) is 33.1 Å². The molecule has 0 amide bonds. The fourth-order valence-electron chi connectivity index (χ4n) is 3.60. The lowest BCUT2D eigenvalue weighted by Crippen LogP contribution is -2.42. The molecule has 0 aromatic heterocycles. The summed E-state index contributed by atoms with van der Waals surface area (Å²) in [4.78, 5) is 12.2. The lowest BCUT2D eigenvalue weighted by Gasteiger charge is -2.35. The van der Waals surface area contributed by atoms with Gasteiger partial charge >= 0.3 is 0 Å². The molecule has 4 nitrogen and oxygen atoms in total. The van der Waals surface area contributed by atoms with E-state index in [1.165, 1.54) is 6.08 Å². The Kier molecular flexibility index (Phi) is 3.18. The summed E-state index contributed by atoms with van der Waals surface area (Å²) < 4.78 is 28.7. The number of carbonyl (C=O) groups excluding carboxylic acids is 1. The first-order chi connectivity index (χ1) is 8.25. The van der Waals surface area contributed by atoms with Gasteiger partial charge in [-0.1, -0.05) is 19.9 Å². The molecule has 102 valence electrons. The van der Waals surface area contributed by atoms with Crippen molar-refractivity contribution in [1.29, 1.82) is 0 Å². The zero-order valence-corrected chi connectivity index (χ0v) is 11.8. The number of carbonyl (C=O) groups is 1. The van der Waals surface area contributed by atoms with E-state index in [0.717, 1.165) is 6.42 Å². The van der Waals surface area contributed by atoms with Crippen LogP contribution in [0.15, 0.2) is 12.7 Å². The van der Waals surface area contributed by atoms with Crippen LogP contribution >= 0.6 is 0 Å². The van der Waals surface area contributed by atoms with Crippen LogP contribution < -0.4 is 0 Å². The first-order valence-electron chi connectivity index (χ1n) is 6.26. The molecule has 0 heterocycles. The quantitative estimate of drug-likeness (QED) is 0.566. The highest BCUT2D eigenvalue weighted by Gasteiger charge is 2.65. The van der Waals surface area contributed by atoms with Crippen molar-refractivity contribution in [3.05, 3.63) is 12.7 Å². The molecule has 0 aliphatic heterocycles. The van der Waals surface area contributed by atoms with E-state index in [2.05, 4.69) is 6.58 Å². The van der Waals surface area contributed by atoms with Crippen LogP contribution in [-0.2, 0) is 19.1 Å². The predicted molar refractivity (Wildman–Crippen MR) is 68.5 cm³/mol. The maximum absolute atomic E-state index is 12.2. The molecule has 2 bridgehead atoms. The summed E-state index contributed by atoms with van der Waals surface area (Å²) in [6.45, 7) is 7.42. The van der Waals surface area contributed by atoms with Crippen LogP contribution in [0.3, 0.4) is 0 Å². The molecule has 0 N–H and O–H groups in total. The first kappa shape index (κ1) is 13.7. The third-order valence-corrected chi connectivity index (χ3v) is 6.27. The third-order valence-electron chi connectivity index (χ3n) is 4.93. The minimum Gasteiger partial charge on any atom is -0.299 e. The smallest absolute Gasteiger partial charge is 0.268 e. The number of rotatable bonds is 5. The molecule has 2 rings (SSSR count). The average molecular weight is 272 g/mol. The molecule has 0 saturated heterocycles. The van der Waals surface area contributed by atoms with Gasteiger partial charge in [-0.05, 0) is 24.2 Å². The second kappa shape index (κ2) is 4.17. The molecule has 2 unspecified atom stereocenters. The van der Waals surface area contributed by atoms with Crippen molar-refractivity contribution in [1.82, 2.24) is 0 Å². The fraction of sp³-hybridized carbons (Fsp3) is 0.769. The van der Waals surface area contributed by atoms with Gasteiger partial charge < -0.3 is 0 Å². The van der Waals surface area contributed by atoms with E-state index in [0.29, 0.717) is 18.8 Å². The van der Waals surface area contributed by atoms with Crippen LogP contribution in [0, 0.1) is 16.7 Å². The number of ketones is 1. The highest BCUT2D eigenvalue weighted by atomic mass is 32.2. The van der Waals surface area contributed by atoms with Gasteiger partial charge in [0.1, 0.15) is 5.78 Å². The summed E-state index contributed by atoms with van der Waals surface area (Å²) >= 11 is 0. The minimum atomic E-state index is -3.67. The van der Waals surface area contributed by atoms with Gasteiger partial charge in [-0.2, -0.15) is 8.42 Å². The van der Waals surface area contributed by atoms with Crippen molar-refractivity contribution >= 4 is 15.9 Å². The zero-order valence-electron chi connectivity index (χ0n) is 10.9. The summed E-state index contributed by atoms with van der Waals surface area (Å²) in [5.74, 6) is 0.227. The van der Waals surface area contributed by atoms with Gasteiger partial charge in [-0.15, -0.1) is 6.58 Å². The second-order valence-electron chi connectivity index (χ2n) is 5.94. The topological polar surface area (TPSA) is 60.4 Å². The molecule has 2 atom stereocenters. The monoisotopic (exact) mass is 272 g/mol. The van der Waals surface area contributed by atoms with E-state index < -0.39 is 15.5 Å². The van der Waals surface area contributed by atoms with E-state index in [1.807, 2.05) is 13.8 Å². The Morgan fingerprint density at radius 1 is 1.50 bits per heavy atom. The van der Waals surface area contributed by atoms with Crippen LogP contribution in [0.5, 0.6) is 0 Å². The maximum Gasteiger partial charge on any atom is 0.268 e. The lowest BCUT2D eigenvalue weighted by molar-refractivity contribution is -0.128. The summed E-state index contributed by atoms with van der Waals surface area (Å²) in [7, 11) is -3.67. The Labute approximate surface area is 109 Å². The Hall–Kier alpha value is -0.680. The molecule has 5 heteroatoms. The van der Waals surface area contributed by atoms with Gasteiger partial charge in [-0.25, -0.2) is 0 Å². The fourth-order valence-corrected chi connectivity index (χ4v) is 5.27. The van der Waals surface area contributed by atoms with Crippen LogP contribution in [0.4, 0.5) is 0 Å². The Morgan fingerprint density at radius 2 is 2.17 bits per heavy atom. The molecule has 18 heavy (non-hydrogen) atoms. The molecular weight excluding hydrogens is 252 g/mol. The van der Waals surface area contributed by atoms with Gasteiger partial charge in [0.05, 0.1) is 17.8 Å². The third kappa shape index (κ3) is 1.84. The standard InChI is InChI=1S/C13H20O4S/c1-4-7-17-18(15,16)9-13-6-5-10(8-11(13)14)12(13,2)3/h4,10H,1,5-9H2,2-3H3. The molecule has 0 radical (unpaired) electrons. The Balaban J connectivity index is 2.27. The largest absolute Gasteiger partial charge is 0.299 e. The van der Waals surface area contributed by atoms with Crippen molar-refractivity contribution < 1.29 is 17.4 Å². The van der Waals surface area contributed by atoms with E-state index in [4.69, 9.17) is 4.18 Å². The zero-order chi connectivity index (χ0) is 13.6. The molecule has 2 saturated carbocycles. The summed E-state index contributed by atoms with van der Waals surface area (Å²) in [6, 6.07) is 0. The van der Waals surface area contributed by atoms with Crippen molar-refractivity contribution in [2.24, 2.45) is 16.7 Å². The van der Waals surface area contributed by atoms with Gasteiger partial charge in [0.25, 0.3) is 10.1 Å². The Bertz CT molecular complexity index is 477. The number of Topliss-reactive ketones (excluding diaryl/α,β-unsaturated/α-hetero) is 1. The average Bonchev–Trinajstić information content (AvgIpc) is 2.59. The Morgan fingerprint density at radius 3 is 2.61 bits per heavy atom. The van der Waals surface area contributed by atoms with Gasteiger partial charge in [0, 0.05) is 6.42 Å². The molecule has 0 aromatic rings. The molecule has 2 aliphatic rings. The molecule has 2 aliphatic carbocycles. The van der Waals surface area contributed by atoms with Crippen molar-refractivity contribution in [2.45, 2.75) is 33.1 Å². The lowest BCUT2D eigenvalue weighted by atomic mass is 9.70. The highest BCUT2D eigenvalue weighted by molar-refractivity contribution is 7.86. The second-order valence-corrected chi connectivity index (χ2v) is 7.58. The van der Waals surface area contributed by atoms with Gasteiger partial charge in [0.15, 0.2) is 0 Å². The van der Waals surface area contributed by atoms with Crippen LogP contribution in [0.25, 0.3) is 0 Å². The summed E-state index contributed by atoms with van der Waals surface area (Å²) in [5.41, 5.74) is -0.980. The van der Waals surface area contributed by atoms with Gasteiger partial charge in [-0.3, -0.25) is 8.98 Å². The SMILES string of the molecule is C=CCOS(=O)(=O)CC12CCC(CC1=O)C2(C)C. The molecule has 2 fully saturated rings. The van der Waals surface area contributed by atoms with E-state index in [1.54, 1.807) is 0 Å². The summed E-state index contributed by atoms with van der Waals surface area (Å²) in [6.07, 6.45) is 3.52. The van der Waals surface area contributed by atoms with E-state index >= 15 is 0 Å². The highest BCUT2D eigenvalue weighted by Crippen LogP contribution is 2.64. The number of hydrogen-bond donors (Lipinski definition) is 0. The van der Waals surface area contributed by atoms with E-state index in [9.17, 15) is 13.2 Å². The van der Waals surface area contributed by atoms with Crippen molar-refractivity contribution in [2.75, 3.05) is 12.4 Å². The summed E-state index contributed by atoms with van der Waals surface area (Å²) in [5, 5.41) is 0. The number of fused-ring (bicyclic) bond motifs is 2. The first-order valence-corrected chi connectivity index (χ1v) is 7.84. The molecule has 0 aromatic carbocycles. The predicted octanol–water partition coefficient (Wildman–Crippen LogP) is 1.91. The van der Waals surface area contributed by atoms with Gasteiger partial charge in [0.2, 0.25) is 0 Å². The van der Waals surface area contributed by atoms with Crippen molar-refractivity contribution in [3.63, 3.8) is 0 Å². The molecule has 0 spiro atoms. The number of hydrogen-bond acceptors (Lipinski definition) is 4. The molecular formula is C13H20O4S. The minimum absolute atomic E-state index is 0.0313. The maximum atomic E-state index is 12.2. The van der Waals surface area contributed by atoms with E-state index in [-0.39, 0.29) is 23.6 Å². The normalized spacial score (nSPS) is 33.9. The van der Waals surface area contributed by atoms with Crippen LogP contribution in [-0.4, -0.2) is 26.6 Å².